The molecule has 3 nitrogen and oxygen atoms in total. The van der Waals surface area contributed by atoms with Crippen molar-refractivity contribution in [1.82, 2.24) is 5.32 Å². The Hall–Kier alpha value is -1.44. The smallest absolute Gasteiger partial charge is 0.346 e. The average Bonchev–Trinajstić information content (AvgIpc) is 2.26. The van der Waals surface area contributed by atoms with Crippen LogP contribution in [0.5, 0.6) is 0 Å². The summed E-state index contributed by atoms with van der Waals surface area (Å²) in [7, 11) is -2.01. The van der Waals surface area contributed by atoms with E-state index >= 15 is 0 Å². The van der Waals surface area contributed by atoms with E-state index in [1.54, 1.807) is 5.32 Å². The van der Waals surface area contributed by atoms with Crippen molar-refractivity contribution in [3.05, 3.63) is 30.1 Å². The third kappa shape index (κ3) is 4.82. The molecule has 1 N–H and O–H groups in total. The van der Waals surface area contributed by atoms with E-state index in [1.165, 1.54) is 18.2 Å². The highest BCUT2D eigenvalue weighted by atomic mass is 32.2. The van der Waals surface area contributed by atoms with Gasteiger partial charge in [0.15, 0.2) is 0 Å². The summed E-state index contributed by atoms with van der Waals surface area (Å²) in [4.78, 5) is 10.8. The predicted molar refractivity (Wildman–Crippen MR) is 56.7 cm³/mol. The molecule has 1 amide bonds. The van der Waals surface area contributed by atoms with Crippen molar-refractivity contribution in [2.45, 2.75) is 11.1 Å². The lowest BCUT2D eigenvalue weighted by Gasteiger charge is -2.08. The van der Waals surface area contributed by atoms with E-state index in [9.17, 15) is 26.6 Å². The van der Waals surface area contributed by atoms with Crippen LogP contribution in [0.3, 0.4) is 0 Å². The topological polar surface area (TPSA) is 46.2 Å². The van der Waals surface area contributed by atoms with Gasteiger partial charge in [-0.2, -0.15) is 13.2 Å². The van der Waals surface area contributed by atoms with Gasteiger partial charge in [0.1, 0.15) is 18.1 Å². The van der Waals surface area contributed by atoms with Crippen molar-refractivity contribution in [2.75, 3.05) is 12.3 Å². The molecule has 1 aromatic rings. The number of halogens is 4. The molecule has 0 saturated carbocycles. The minimum atomic E-state index is -4.53. The Morgan fingerprint density at radius 1 is 1.28 bits per heavy atom. The fourth-order valence-electron chi connectivity index (χ4n) is 1.08. The highest BCUT2D eigenvalue weighted by molar-refractivity contribution is 7.85. The number of carbonyl (C=O) groups excluding carboxylic acids is 1. The van der Waals surface area contributed by atoms with Crippen LogP contribution in [0, 0.1) is 5.82 Å². The molecule has 0 aliphatic rings. The lowest BCUT2D eigenvalue weighted by Crippen LogP contribution is -2.36. The molecule has 1 aromatic carbocycles. The van der Waals surface area contributed by atoms with E-state index in [-0.39, 0.29) is 4.90 Å². The van der Waals surface area contributed by atoms with Gasteiger partial charge in [0, 0.05) is 0 Å². The van der Waals surface area contributed by atoms with Crippen LogP contribution in [0.2, 0.25) is 0 Å². The first-order valence-electron chi connectivity index (χ1n) is 4.76. The standard InChI is InChI=1S/C10H9F4NO2S/c11-7-3-1-2-4-8(7)18(17)5-9(16)15-6-10(12,13)14/h1-4H,5-6H2,(H,15,16). The molecule has 0 bridgehead atoms. The second-order valence-electron chi connectivity index (χ2n) is 3.31. The van der Waals surface area contributed by atoms with Crippen molar-refractivity contribution in [3.63, 3.8) is 0 Å². The highest BCUT2D eigenvalue weighted by Gasteiger charge is 2.28. The van der Waals surface area contributed by atoms with Gasteiger partial charge >= 0.3 is 6.18 Å². The minimum absolute atomic E-state index is 0.209. The number of rotatable bonds is 4. The summed E-state index contributed by atoms with van der Waals surface area (Å²) in [5.74, 6) is -2.52. The van der Waals surface area contributed by atoms with E-state index in [4.69, 9.17) is 0 Å². The molecule has 1 rings (SSSR count). The Balaban J connectivity index is 2.56. The van der Waals surface area contributed by atoms with Gasteiger partial charge in [-0.15, -0.1) is 0 Å². The summed E-state index contributed by atoms with van der Waals surface area (Å²) in [5.41, 5.74) is 0. The first-order chi connectivity index (χ1) is 8.29. The molecule has 0 spiro atoms. The number of benzene rings is 1. The fraction of sp³-hybridized carbons (Fsp3) is 0.300. The average molecular weight is 283 g/mol. The Morgan fingerprint density at radius 3 is 2.44 bits per heavy atom. The summed E-state index contributed by atoms with van der Waals surface area (Å²) >= 11 is 0. The van der Waals surface area contributed by atoms with Crippen LogP contribution in [0.4, 0.5) is 17.6 Å². The van der Waals surface area contributed by atoms with Crippen LogP contribution < -0.4 is 5.32 Å². The Morgan fingerprint density at radius 2 is 1.89 bits per heavy atom. The second-order valence-corrected chi connectivity index (χ2v) is 4.73. The number of alkyl halides is 3. The van der Waals surface area contributed by atoms with Crippen molar-refractivity contribution in [2.24, 2.45) is 0 Å². The van der Waals surface area contributed by atoms with Crippen LogP contribution >= 0.6 is 0 Å². The molecule has 8 heteroatoms. The normalized spacial score (nSPS) is 13.1. The number of nitrogens with one attached hydrogen (secondary N) is 1. The van der Waals surface area contributed by atoms with Crippen LogP contribution in [-0.2, 0) is 15.6 Å². The third-order valence-corrected chi connectivity index (χ3v) is 3.18. The summed E-state index contributed by atoms with van der Waals surface area (Å²) < 4.78 is 60.1. The van der Waals surface area contributed by atoms with E-state index in [0.717, 1.165) is 6.07 Å². The van der Waals surface area contributed by atoms with Gasteiger partial charge in [-0.1, -0.05) is 12.1 Å². The van der Waals surface area contributed by atoms with Gasteiger partial charge in [0.25, 0.3) is 0 Å². The first-order valence-corrected chi connectivity index (χ1v) is 6.08. The molecule has 100 valence electrons. The molecule has 1 atom stereocenters. The predicted octanol–water partition coefficient (Wildman–Crippen LogP) is 1.61. The zero-order chi connectivity index (χ0) is 13.8. The molecular weight excluding hydrogens is 274 g/mol. The minimum Gasteiger partial charge on any atom is -0.346 e. The first kappa shape index (κ1) is 14.6. The number of hydrogen-bond acceptors (Lipinski definition) is 2. The van der Waals surface area contributed by atoms with Gasteiger partial charge < -0.3 is 5.32 Å². The maximum Gasteiger partial charge on any atom is 0.405 e. The molecule has 0 heterocycles. The molecule has 0 aromatic heterocycles. The number of carbonyl (C=O) groups is 1. The van der Waals surface area contributed by atoms with E-state index in [2.05, 4.69) is 0 Å². The molecule has 0 fully saturated rings. The maximum absolute atomic E-state index is 13.2. The van der Waals surface area contributed by atoms with Gasteiger partial charge in [0.2, 0.25) is 5.91 Å². The molecule has 0 aliphatic heterocycles. The van der Waals surface area contributed by atoms with Gasteiger partial charge in [-0.25, -0.2) is 4.39 Å². The maximum atomic E-state index is 13.2. The van der Waals surface area contributed by atoms with E-state index in [0.29, 0.717) is 0 Å². The Kier molecular flexibility index (Phi) is 4.83. The van der Waals surface area contributed by atoms with Crippen molar-refractivity contribution < 1.29 is 26.6 Å². The molecule has 0 aliphatic carbocycles. The summed E-state index contributed by atoms with van der Waals surface area (Å²) in [6.45, 7) is -1.50. The molecule has 1 unspecified atom stereocenters. The van der Waals surface area contributed by atoms with Crippen LogP contribution in [-0.4, -0.2) is 28.6 Å². The van der Waals surface area contributed by atoms with Crippen LogP contribution in [0.25, 0.3) is 0 Å². The summed E-state index contributed by atoms with van der Waals surface area (Å²) in [5, 5.41) is 1.56. The Bertz CT molecular complexity index is 461. The number of amides is 1. The van der Waals surface area contributed by atoms with Gasteiger partial charge in [-0.3, -0.25) is 9.00 Å². The zero-order valence-corrected chi connectivity index (χ0v) is 9.78. The molecular formula is C10H9F4NO2S. The van der Waals surface area contributed by atoms with Crippen LogP contribution in [0.1, 0.15) is 0 Å². The van der Waals surface area contributed by atoms with Crippen molar-refractivity contribution in [1.29, 1.82) is 0 Å². The molecule has 0 radical (unpaired) electrons. The number of hydrogen-bond donors (Lipinski definition) is 1. The molecule has 0 saturated heterocycles. The lowest BCUT2D eigenvalue weighted by molar-refractivity contribution is -0.136. The highest BCUT2D eigenvalue weighted by Crippen LogP contribution is 2.13. The molecule has 18 heavy (non-hydrogen) atoms. The zero-order valence-electron chi connectivity index (χ0n) is 8.96. The second kappa shape index (κ2) is 5.94. The summed E-state index contributed by atoms with van der Waals surface area (Å²) in [6, 6.07) is 5.06. The van der Waals surface area contributed by atoms with Gasteiger partial charge in [0.05, 0.1) is 15.7 Å². The van der Waals surface area contributed by atoms with Crippen molar-refractivity contribution >= 4 is 16.7 Å². The lowest BCUT2D eigenvalue weighted by atomic mass is 10.3. The largest absolute Gasteiger partial charge is 0.405 e. The fourth-order valence-corrected chi connectivity index (χ4v) is 2.09. The van der Waals surface area contributed by atoms with E-state index < -0.39 is 41.0 Å². The summed E-state index contributed by atoms with van der Waals surface area (Å²) in [6.07, 6.45) is -4.53. The Labute approximate surface area is 103 Å². The third-order valence-electron chi connectivity index (χ3n) is 1.83. The van der Waals surface area contributed by atoms with Crippen molar-refractivity contribution in [3.8, 4) is 0 Å². The SMILES string of the molecule is O=C(CS(=O)c1ccccc1F)NCC(F)(F)F. The monoisotopic (exact) mass is 283 g/mol. The van der Waals surface area contributed by atoms with Gasteiger partial charge in [-0.05, 0) is 12.1 Å². The van der Waals surface area contributed by atoms with E-state index in [1.807, 2.05) is 0 Å². The van der Waals surface area contributed by atoms with Crippen LogP contribution in [0.15, 0.2) is 29.2 Å². The quantitative estimate of drug-likeness (QED) is 0.853.